The number of hydrogen-bond acceptors (Lipinski definition) is 5. The van der Waals surface area contributed by atoms with Crippen LogP contribution in [0.1, 0.15) is 21.7 Å². The van der Waals surface area contributed by atoms with Gasteiger partial charge in [0.1, 0.15) is 0 Å². The average Bonchev–Trinajstić information content (AvgIpc) is 3.07. The number of carbonyl (C=O) groups excluding carboxylic acids is 1. The minimum absolute atomic E-state index is 0.0997. The molecule has 0 bridgehead atoms. The van der Waals surface area contributed by atoms with Gasteiger partial charge in [-0.2, -0.15) is 0 Å². The standard InChI is InChI=1S/C17H15N3O3/c1-22-16-11-15(23-20-16)17(21)19-14-4-2-12(3-5-14)10-13-6-8-18-9-7-13/h2-9,11H,10H2,1H3,(H,19,21). The molecule has 0 atom stereocenters. The zero-order chi connectivity index (χ0) is 16.1. The number of benzene rings is 1. The molecule has 1 aromatic carbocycles. The van der Waals surface area contributed by atoms with Gasteiger partial charge in [-0.25, -0.2) is 0 Å². The quantitative estimate of drug-likeness (QED) is 0.784. The van der Waals surface area contributed by atoms with Gasteiger partial charge in [0.15, 0.2) is 0 Å². The van der Waals surface area contributed by atoms with Gasteiger partial charge in [0.25, 0.3) is 11.8 Å². The third-order valence-corrected chi connectivity index (χ3v) is 3.29. The molecule has 0 radical (unpaired) electrons. The van der Waals surface area contributed by atoms with Gasteiger partial charge in [0, 0.05) is 18.1 Å². The van der Waals surface area contributed by atoms with E-state index in [9.17, 15) is 4.79 Å². The average molecular weight is 309 g/mol. The van der Waals surface area contributed by atoms with Crippen LogP contribution in [0.15, 0.2) is 59.4 Å². The summed E-state index contributed by atoms with van der Waals surface area (Å²) < 4.78 is 9.78. The van der Waals surface area contributed by atoms with E-state index in [2.05, 4.69) is 15.5 Å². The summed E-state index contributed by atoms with van der Waals surface area (Å²) in [5, 5.41) is 6.34. The first kappa shape index (κ1) is 14.8. The summed E-state index contributed by atoms with van der Waals surface area (Å²) >= 11 is 0. The largest absolute Gasteiger partial charge is 0.479 e. The Morgan fingerprint density at radius 1 is 1.13 bits per heavy atom. The molecular weight excluding hydrogens is 294 g/mol. The maximum absolute atomic E-state index is 12.0. The van der Waals surface area contributed by atoms with Crippen molar-refractivity contribution in [1.29, 1.82) is 0 Å². The number of aromatic nitrogens is 2. The van der Waals surface area contributed by atoms with Crippen molar-refractivity contribution >= 4 is 11.6 Å². The van der Waals surface area contributed by atoms with E-state index < -0.39 is 0 Å². The minimum atomic E-state index is -0.373. The summed E-state index contributed by atoms with van der Waals surface area (Å²) in [5.41, 5.74) is 3.02. The molecule has 3 aromatic rings. The van der Waals surface area contributed by atoms with Gasteiger partial charge in [-0.15, -0.1) is 0 Å². The lowest BCUT2D eigenvalue weighted by Crippen LogP contribution is -2.10. The predicted molar refractivity (Wildman–Crippen MR) is 84.5 cm³/mol. The third-order valence-electron chi connectivity index (χ3n) is 3.29. The van der Waals surface area contributed by atoms with Crippen LogP contribution in [0.25, 0.3) is 0 Å². The van der Waals surface area contributed by atoms with E-state index in [0.717, 1.165) is 12.0 Å². The summed E-state index contributed by atoms with van der Waals surface area (Å²) in [7, 11) is 1.46. The molecule has 2 heterocycles. The van der Waals surface area contributed by atoms with Gasteiger partial charge in [-0.3, -0.25) is 9.78 Å². The van der Waals surface area contributed by atoms with Crippen LogP contribution in [0.5, 0.6) is 5.88 Å². The Hall–Kier alpha value is -3.15. The fraction of sp³-hybridized carbons (Fsp3) is 0.118. The van der Waals surface area contributed by atoms with Gasteiger partial charge in [0.2, 0.25) is 5.76 Å². The highest BCUT2D eigenvalue weighted by molar-refractivity contribution is 6.02. The number of amides is 1. The smallest absolute Gasteiger partial charge is 0.294 e. The third kappa shape index (κ3) is 3.74. The first-order valence-corrected chi connectivity index (χ1v) is 7.04. The van der Waals surface area contributed by atoms with Crippen LogP contribution in [0, 0.1) is 0 Å². The molecule has 0 unspecified atom stereocenters. The number of hydrogen-bond donors (Lipinski definition) is 1. The Bertz CT molecular complexity index is 782. The second-order valence-corrected chi connectivity index (χ2v) is 4.92. The number of rotatable bonds is 5. The van der Waals surface area contributed by atoms with Crippen molar-refractivity contribution in [3.05, 3.63) is 71.7 Å². The molecule has 23 heavy (non-hydrogen) atoms. The Balaban J connectivity index is 1.64. The summed E-state index contributed by atoms with van der Waals surface area (Å²) in [5.74, 6) is -0.00625. The lowest BCUT2D eigenvalue weighted by Gasteiger charge is -2.05. The molecule has 3 rings (SSSR count). The molecule has 0 aliphatic carbocycles. The van der Waals surface area contributed by atoms with E-state index in [1.807, 2.05) is 36.4 Å². The van der Waals surface area contributed by atoms with Crippen molar-refractivity contribution in [3.63, 3.8) is 0 Å². The number of carbonyl (C=O) groups is 1. The number of pyridine rings is 1. The second-order valence-electron chi connectivity index (χ2n) is 4.92. The molecule has 2 aromatic heterocycles. The molecule has 6 heteroatoms. The molecule has 0 aliphatic rings. The summed E-state index contributed by atoms with van der Waals surface area (Å²) in [6.45, 7) is 0. The van der Waals surface area contributed by atoms with Crippen molar-refractivity contribution in [3.8, 4) is 5.88 Å². The van der Waals surface area contributed by atoms with Gasteiger partial charge in [-0.1, -0.05) is 12.1 Å². The van der Waals surface area contributed by atoms with Crippen molar-refractivity contribution in [2.24, 2.45) is 0 Å². The van der Waals surface area contributed by atoms with Crippen LogP contribution in [-0.4, -0.2) is 23.2 Å². The van der Waals surface area contributed by atoms with Crippen LogP contribution in [0.2, 0.25) is 0 Å². The van der Waals surface area contributed by atoms with Gasteiger partial charge < -0.3 is 14.6 Å². The number of nitrogens with zero attached hydrogens (tertiary/aromatic N) is 2. The normalized spacial score (nSPS) is 10.3. The summed E-state index contributed by atoms with van der Waals surface area (Å²) in [6.07, 6.45) is 4.36. The molecule has 0 fully saturated rings. The number of ether oxygens (including phenoxy) is 1. The number of methoxy groups -OCH3 is 1. The van der Waals surface area contributed by atoms with E-state index >= 15 is 0 Å². The van der Waals surface area contributed by atoms with Crippen LogP contribution >= 0.6 is 0 Å². The van der Waals surface area contributed by atoms with Crippen LogP contribution < -0.4 is 10.1 Å². The van der Waals surface area contributed by atoms with E-state index in [0.29, 0.717) is 5.69 Å². The highest BCUT2D eigenvalue weighted by atomic mass is 16.5. The molecule has 0 saturated heterocycles. The molecule has 0 aliphatic heterocycles. The van der Waals surface area contributed by atoms with Gasteiger partial charge in [0.05, 0.1) is 13.2 Å². The molecule has 1 N–H and O–H groups in total. The lowest BCUT2D eigenvalue weighted by molar-refractivity contribution is 0.0987. The first-order chi connectivity index (χ1) is 11.2. The maximum Gasteiger partial charge on any atom is 0.294 e. The predicted octanol–water partition coefficient (Wildman–Crippen LogP) is 2.92. The Morgan fingerprint density at radius 3 is 2.48 bits per heavy atom. The van der Waals surface area contributed by atoms with E-state index in [1.54, 1.807) is 12.4 Å². The molecule has 1 amide bonds. The number of anilines is 1. The lowest BCUT2D eigenvalue weighted by atomic mass is 10.1. The summed E-state index contributed by atoms with van der Waals surface area (Å²) in [6, 6.07) is 13.0. The van der Waals surface area contributed by atoms with Crippen LogP contribution in [0.4, 0.5) is 5.69 Å². The SMILES string of the molecule is COc1cc(C(=O)Nc2ccc(Cc3ccncc3)cc2)on1. The van der Waals surface area contributed by atoms with Crippen molar-refractivity contribution < 1.29 is 14.1 Å². The molecular formula is C17H15N3O3. The van der Waals surface area contributed by atoms with E-state index in [-0.39, 0.29) is 17.5 Å². The highest BCUT2D eigenvalue weighted by Gasteiger charge is 2.13. The van der Waals surface area contributed by atoms with Gasteiger partial charge >= 0.3 is 0 Å². The zero-order valence-corrected chi connectivity index (χ0v) is 12.5. The highest BCUT2D eigenvalue weighted by Crippen LogP contribution is 2.16. The monoisotopic (exact) mass is 309 g/mol. The summed E-state index contributed by atoms with van der Waals surface area (Å²) in [4.78, 5) is 16.0. The fourth-order valence-corrected chi connectivity index (χ4v) is 2.10. The van der Waals surface area contributed by atoms with Gasteiger partial charge in [-0.05, 0) is 47.0 Å². The molecule has 0 spiro atoms. The molecule has 6 nitrogen and oxygen atoms in total. The minimum Gasteiger partial charge on any atom is -0.479 e. The Kier molecular flexibility index (Phi) is 4.33. The first-order valence-electron chi connectivity index (χ1n) is 7.04. The fourth-order valence-electron chi connectivity index (χ4n) is 2.10. The second kappa shape index (κ2) is 6.74. The van der Waals surface area contributed by atoms with Crippen molar-refractivity contribution in [2.45, 2.75) is 6.42 Å². The van der Waals surface area contributed by atoms with Crippen molar-refractivity contribution in [1.82, 2.24) is 10.1 Å². The van der Waals surface area contributed by atoms with E-state index in [1.165, 1.54) is 18.7 Å². The topological polar surface area (TPSA) is 77.2 Å². The van der Waals surface area contributed by atoms with Crippen molar-refractivity contribution in [2.75, 3.05) is 12.4 Å². The maximum atomic E-state index is 12.0. The number of nitrogens with one attached hydrogen (secondary N) is 1. The molecule has 116 valence electrons. The zero-order valence-electron chi connectivity index (χ0n) is 12.5. The molecule has 0 saturated carbocycles. The van der Waals surface area contributed by atoms with Crippen LogP contribution in [-0.2, 0) is 6.42 Å². The Morgan fingerprint density at radius 2 is 1.83 bits per heavy atom. The Labute approximate surface area is 133 Å². The van der Waals surface area contributed by atoms with Crippen LogP contribution in [0.3, 0.4) is 0 Å². The van der Waals surface area contributed by atoms with E-state index in [4.69, 9.17) is 9.26 Å².